The van der Waals surface area contributed by atoms with Gasteiger partial charge in [-0.05, 0) is 31.5 Å². The van der Waals surface area contributed by atoms with Crippen LogP contribution in [0.15, 0.2) is 18.2 Å². The molecule has 154 valence electrons. The molecule has 28 heavy (non-hydrogen) atoms. The molecule has 1 atom stereocenters. The van der Waals surface area contributed by atoms with Crippen LogP contribution >= 0.6 is 0 Å². The van der Waals surface area contributed by atoms with Gasteiger partial charge in [0.1, 0.15) is 17.6 Å². The molecule has 0 saturated carbocycles. The highest BCUT2D eigenvalue weighted by molar-refractivity contribution is 5.97. The fourth-order valence-corrected chi connectivity index (χ4v) is 3.72. The van der Waals surface area contributed by atoms with E-state index in [4.69, 9.17) is 14.2 Å². The first-order valence-corrected chi connectivity index (χ1v) is 9.99. The van der Waals surface area contributed by atoms with Crippen molar-refractivity contribution in [1.82, 2.24) is 9.80 Å². The van der Waals surface area contributed by atoms with Crippen molar-refractivity contribution in [2.45, 2.75) is 45.3 Å². The molecule has 0 radical (unpaired) electrons. The van der Waals surface area contributed by atoms with Crippen molar-refractivity contribution in [1.29, 1.82) is 0 Å². The monoisotopic (exact) mass is 390 g/mol. The third kappa shape index (κ3) is 4.95. The second-order valence-electron chi connectivity index (χ2n) is 7.47. The van der Waals surface area contributed by atoms with E-state index in [0.717, 1.165) is 19.3 Å². The highest BCUT2D eigenvalue weighted by Crippen LogP contribution is 2.29. The zero-order valence-electron chi connectivity index (χ0n) is 17.0. The molecule has 0 aliphatic carbocycles. The number of methoxy groups -OCH3 is 1. The zero-order valence-corrected chi connectivity index (χ0v) is 17.0. The van der Waals surface area contributed by atoms with E-state index in [-0.39, 0.29) is 24.0 Å². The maximum atomic E-state index is 13.3. The van der Waals surface area contributed by atoms with Crippen LogP contribution in [0.2, 0.25) is 0 Å². The number of likely N-dealkylation sites (tertiary alicyclic amines) is 1. The van der Waals surface area contributed by atoms with Crippen LogP contribution < -0.4 is 9.47 Å². The largest absolute Gasteiger partial charge is 0.497 e. The van der Waals surface area contributed by atoms with Gasteiger partial charge in [-0.25, -0.2) is 0 Å². The molecule has 7 heteroatoms. The summed E-state index contributed by atoms with van der Waals surface area (Å²) in [5.74, 6) is 1.23. The number of hydrogen-bond donors (Lipinski definition) is 0. The summed E-state index contributed by atoms with van der Waals surface area (Å²) in [5.41, 5.74) is 0.516. The first-order chi connectivity index (χ1) is 13.5. The zero-order chi connectivity index (χ0) is 20.1. The Bertz CT molecular complexity index is 700. The van der Waals surface area contributed by atoms with Gasteiger partial charge in [-0.15, -0.1) is 0 Å². The lowest BCUT2D eigenvalue weighted by Crippen LogP contribution is -2.41. The Hall–Kier alpha value is -2.28. The van der Waals surface area contributed by atoms with Gasteiger partial charge < -0.3 is 24.0 Å². The summed E-state index contributed by atoms with van der Waals surface area (Å²) in [4.78, 5) is 28.4. The molecule has 0 aromatic heterocycles. The maximum absolute atomic E-state index is 13.3. The lowest BCUT2D eigenvalue weighted by Gasteiger charge is -2.32. The van der Waals surface area contributed by atoms with Crippen molar-refractivity contribution in [3.8, 4) is 11.5 Å². The molecular weight excluding hydrogens is 360 g/mol. The Morgan fingerprint density at radius 3 is 2.57 bits per heavy atom. The molecule has 2 aliphatic heterocycles. The number of amides is 2. The number of carbonyl (C=O) groups excluding carboxylic acids is 2. The van der Waals surface area contributed by atoms with Gasteiger partial charge in [0.15, 0.2) is 0 Å². The summed E-state index contributed by atoms with van der Waals surface area (Å²) in [7, 11) is 1.59. The highest BCUT2D eigenvalue weighted by Gasteiger charge is 2.27. The van der Waals surface area contributed by atoms with Crippen molar-refractivity contribution >= 4 is 11.8 Å². The second kappa shape index (κ2) is 9.28. The number of nitrogens with zero attached hydrogens (tertiary/aromatic N) is 2. The Labute approximate surface area is 166 Å². The molecular formula is C21H30N2O5. The normalized spacial score (nSPS) is 21.2. The van der Waals surface area contributed by atoms with Gasteiger partial charge >= 0.3 is 0 Å². The average Bonchev–Trinajstić information content (AvgIpc) is 2.92. The van der Waals surface area contributed by atoms with Crippen LogP contribution in [0, 0.1) is 0 Å². The molecule has 0 unspecified atom stereocenters. The Balaban J connectivity index is 1.76. The van der Waals surface area contributed by atoms with E-state index in [1.807, 2.05) is 22.8 Å². The Morgan fingerprint density at radius 1 is 1.14 bits per heavy atom. The van der Waals surface area contributed by atoms with Gasteiger partial charge in [0, 0.05) is 52.6 Å². The standard InChI is InChI=1S/C21H30N2O5/c1-15-14-23(9-4-12-27-15)21(25)19-13-18(26-3)5-6-20(19)28-17-7-10-22(11-8-17)16(2)24/h5-6,13,15,17H,4,7-12,14H2,1-3H3/t15-/m1/s1. The van der Waals surface area contributed by atoms with Crippen molar-refractivity contribution < 1.29 is 23.8 Å². The first kappa shape index (κ1) is 20.5. The number of rotatable bonds is 4. The van der Waals surface area contributed by atoms with Crippen molar-refractivity contribution in [3.05, 3.63) is 23.8 Å². The van der Waals surface area contributed by atoms with E-state index in [9.17, 15) is 9.59 Å². The van der Waals surface area contributed by atoms with Crippen LogP contribution in [0.1, 0.15) is 43.5 Å². The molecule has 2 heterocycles. The van der Waals surface area contributed by atoms with Crippen molar-refractivity contribution in [2.75, 3.05) is 39.9 Å². The summed E-state index contributed by atoms with van der Waals surface area (Å²) in [6, 6.07) is 5.37. The van der Waals surface area contributed by atoms with E-state index >= 15 is 0 Å². The smallest absolute Gasteiger partial charge is 0.257 e. The number of ether oxygens (including phenoxy) is 3. The van der Waals surface area contributed by atoms with Crippen molar-refractivity contribution in [3.63, 3.8) is 0 Å². The van der Waals surface area contributed by atoms with Gasteiger partial charge in [-0.2, -0.15) is 0 Å². The van der Waals surface area contributed by atoms with Crippen LogP contribution in [0.3, 0.4) is 0 Å². The van der Waals surface area contributed by atoms with Gasteiger partial charge in [0.2, 0.25) is 5.91 Å². The fourth-order valence-electron chi connectivity index (χ4n) is 3.72. The SMILES string of the molecule is COc1ccc(OC2CCN(C(C)=O)CC2)c(C(=O)N2CCCO[C@H](C)C2)c1. The molecule has 7 nitrogen and oxygen atoms in total. The molecule has 0 N–H and O–H groups in total. The molecule has 0 bridgehead atoms. The summed E-state index contributed by atoms with van der Waals surface area (Å²) in [6.45, 7) is 6.83. The topological polar surface area (TPSA) is 68.3 Å². The van der Waals surface area contributed by atoms with Crippen LogP contribution in [0.4, 0.5) is 0 Å². The van der Waals surface area contributed by atoms with E-state index in [2.05, 4.69) is 0 Å². The van der Waals surface area contributed by atoms with Gasteiger partial charge in [0.05, 0.1) is 18.8 Å². The molecule has 2 saturated heterocycles. The summed E-state index contributed by atoms with van der Waals surface area (Å²) >= 11 is 0. The lowest BCUT2D eigenvalue weighted by atomic mass is 10.1. The van der Waals surface area contributed by atoms with Gasteiger partial charge in [0.25, 0.3) is 5.91 Å². The molecule has 1 aromatic carbocycles. The quantitative estimate of drug-likeness (QED) is 0.789. The highest BCUT2D eigenvalue weighted by atomic mass is 16.5. The van der Waals surface area contributed by atoms with Crippen LogP contribution in [0.5, 0.6) is 11.5 Å². The van der Waals surface area contributed by atoms with Crippen LogP contribution in [-0.4, -0.2) is 73.7 Å². The van der Waals surface area contributed by atoms with E-state index in [1.54, 1.807) is 26.2 Å². The predicted molar refractivity (Wildman–Crippen MR) is 105 cm³/mol. The van der Waals surface area contributed by atoms with Gasteiger partial charge in [-0.1, -0.05) is 0 Å². The van der Waals surface area contributed by atoms with Crippen LogP contribution in [0.25, 0.3) is 0 Å². The number of piperidine rings is 1. The Morgan fingerprint density at radius 2 is 1.89 bits per heavy atom. The minimum Gasteiger partial charge on any atom is -0.497 e. The minimum absolute atomic E-state index is 0.0114. The van der Waals surface area contributed by atoms with E-state index < -0.39 is 0 Å². The average molecular weight is 390 g/mol. The van der Waals surface area contributed by atoms with Crippen molar-refractivity contribution in [2.24, 2.45) is 0 Å². The molecule has 2 aliphatic rings. The lowest BCUT2D eigenvalue weighted by molar-refractivity contribution is -0.130. The third-order valence-electron chi connectivity index (χ3n) is 5.34. The molecule has 2 fully saturated rings. The molecule has 3 rings (SSSR count). The number of benzene rings is 1. The van der Waals surface area contributed by atoms with E-state index in [0.29, 0.717) is 49.8 Å². The molecule has 1 aromatic rings. The predicted octanol–water partition coefficient (Wildman–Crippen LogP) is 2.34. The van der Waals surface area contributed by atoms with Crippen LogP contribution in [-0.2, 0) is 9.53 Å². The minimum atomic E-state index is -0.0626. The third-order valence-corrected chi connectivity index (χ3v) is 5.34. The first-order valence-electron chi connectivity index (χ1n) is 9.99. The van der Waals surface area contributed by atoms with Gasteiger partial charge in [-0.3, -0.25) is 9.59 Å². The summed E-state index contributed by atoms with van der Waals surface area (Å²) in [6.07, 6.45) is 2.33. The maximum Gasteiger partial charge on any atom is 0.257 e. The fraction of sp³-hybridized carbons (Fsp3) is 0.619. The van der Waals surface area contributed by atoms with E-state index in [1.165, 1.54) is 0 Å². The second-order valence-corrected chi connectivity index (χ2v) is 7.47. The summed E-state index contributed by atoms with van der Waals surface area (Å²) < 4.78 is 17.2. The molecule has 0 spiro atoms. The summed E-state index contributed by atoms with van der Waals surface area (Å²) in [5, 5.41) is 0. The Kier molecular flexibility index (Phi) is 6.78. The molecule has 2 amide bonds. The number of carbonyl (C=O) groups is 2. The number of hydrogen-bond acceptors (Lipinski definition) is 5.